The minimum Gasteiger partial charge on any atom is -0.459 e. The van der Waals surface area contributed by atoms with Crippen molar-refractivity contribution in [3.8, 4) is 0 Å². The van der Waals surface area contributed by atoms with E-state index < -0.39 is 0 Å². The minimum atomic E-state index is -0.0910. The van der Waals surface area contributed by atoms with Crippen LogP contribution in [0.25, 0.3) is 10.9 Å². The molecule has 0 saturated carbocycles. The summed E-state index contributed by atoms with van der Waals surface area (Å²) >= 11 is 0. The number of furan rings is 1. The predicted octanol–water partition coefficient (Wildman–Crippen LogP) is 0.292. The van der Waals surface area contributed by atoms with Crippen LogP contribution in [0.15, 0.2) is 53.1 Å². The first kappa shape index (κ1) is 19.9. The number of carbonyl (C=O) groups is 2. The molecule has 0 unspecified atom stereocenters. The van der Waals surface area contributed by atoms with Crippen molar-refractivity contribution >= 4 is 34.2 Å². The van der Waals surface area contributed by atoms with Crippen molar-refractivity contribution in [3.63, 3.8) is 0 Å². The van der Waals surface area contributed by atoms with Crippen LogP contribution in [0.5, 0.6) is 0 Å². The Hall–Kier alpha value is -3.39. The standard InChI is InChI=1S/C22H25N5O3/c1-25(2)20-14-18(16-6-3-4-7-17(16)23-20)24-21(28)15-26-9-11-27(12-10-26)22(29)19-8-5-13-30-19/h3-8,13-14H,9-12,15H2,1-2H3,(H,23,24,28)/p+2. The van der Waals surface area contributed by atoms with Gasteiger partial charge in [0, 0.05) is 5.39 Å². The van der Waals surface area contributed by atoms with Crippen LogP contribution in [0.4, 0.5) is 11.5 Å². The van der Waals surface area contributed by atoms with E-state index in [1.165, 1.54) is 6.26 Å². The highest BCUT2D eigenvalue weighted by Crippen LogP contribution is 2.23. The van der Waals surface area contributed by atoms with E-state index in [0.717, 1.165) is 40.4 Å². The number of benzene rings is 1. The number of nitrogens with zero attached hydrogens (tertiary/aromatic N) is 2. The number of piperazine rings is 1. The van der Waals surface area contributed by atoms with E-state index >= 15 is 0 Å². The van der Waals surface area contributed by atoms with Crippen molar-refractivity contribution in [2.45, 2.75) is 0 Å². The summed E-state index contributed by atoms with van der Waals surface area (Å²) in [5, 5.41) is 4.05. The van der Waals surface area contributed by atoms with Crippen LogP contribution < -0.4 is 20.1 Å². The highest BCUT2D eigenvalue weighted by Gasteiger charge is 2.27. The maximum atomic E-state index is 12.8. The third-order valence-electron chi connectivity index (χ3n) is 5.42. The van der Waals surface area contributed by atoms with Gasteiger partial charge in [-0.25, -0.2) is 4.98 Å². The molecular weight excluding hydrogens is 382 g/mol. The number of carbonyl (C=O) groups excluding carboxylic acids is 2. The van der Waals surface area contributed by atoms with Crippen LogP contribution in [0.3, 0.4) is 0 Å². The number of fused-ring (bicyclic) bond motifs is 1. The number of rotatable bonds is 5. The van der Waals surface area contributed by atoms with E-state index in [9.17, 15) is 9.59 Å². The lowest BCUT2D eigenvalue weighted by Gasteiger charge is -2.31. The second kappa shape index (κ2) is 8.54. The Morgan fingerprint density at radius 3 is 2.63 bits per heavy atom. The molecule has 156 valence electrons. The molecule has 1 aromatic carbocycles. The number of nitrogens with one attached hydrogen (secondary N) is 3. The molecule has 3 aromatic rings. The first-order valence-electron chi connectivity index (χ1n) is 10.1. The molecule has 3 N–H and O–H groups in total. The van der Waals surface area contributed by atoms with Gasteiger partial charge in [0.25, 0.3) is 17.6 Å². The molecule has 30 heavy (non-hydrogen) atoms. The van der Waals surface area contributed by atoms with Crippen LogP contribution >= 0.6 is 0 Å². The van der Waals surface area contributed by atoms with Gasteiger partial charge in [0.05, 0.1) is 58.3 Å². The Bertz CT molecular complexity index is 1040. The summed E-state index contributed by atoms with van der Waals surface area (Å²) in [5.41, 5.74) is 1.76. The van der Waals surface area contributed by atoms with Crippen LogP contribution in [-0.4, -0.2) is 63.5 Å². The normalized spacial score (nSPS) is 14.7. The number of hydrogen-bond donors (Lipinski definition) is 2. The van der Waals surface area contributed by atoms with E-state index in [1.54, 1.807) is 17.0 Å². The molecule has 3 heterocycles. The van der Waals surface area contributed by atoms with E-state index in [1.807, 2.05) is 49.3 Å². The van der Waals surface area contributed by atoms with Crippen molar-refractivity contribution in [2.75, 3.05) is 57.0 Å². The molecular formula is C22H27N5O3+2. The molecule has 8 nitrogen and oxygen atoms in total. The molecule has 2 amide bonds. The number of H-pyrrole nitrogens is 1. The number of quaternary nitrogens is 1. The second-order valence-electron chi connectivity index (χ2n) is 7.75. The van der Waals surface area contributed by atoms with Crippen molar-refractivity contribution in [1.29, 1.82) is 0 Å². The SMILES string of the molecule is CN(C)c1cc(NC(=O)C[NH+]2CCN(C(=O)c3ccco3)CC2)c2ccccc2[nH+]1. The van der Waals surface area contributed by atoms with Crippen molar-refractivity contribution < 1.29 is 23.9 Å². The number of aromatic amines is 1. The molecule has 0 spiro atoms. The molecule has 1 fully saturated rings. The summed E-state index contributed by atoms with van der Waals surface area (Å²) in [6.07, 6.45) is 1.51. The molecule has 8 heteroatoms. The van der Waals surface area contributed by atoms with E-state index in [-0.39, 0.29) is 11.8 Å². The number of aromatic nitrogens is 1. The van der Waals surface area contributed by atoms with Crippen LogP contribution in [0, 0.1) is 0 Å². The van der Waals surface area contributed by atoms with Crippen molar-refractivity contribution in [3.05, 3.63) is 54.5 Å². The highest BCUT2D eigenvalue weighted by molar-refractivity contribution is 6.01. The molecule has 0 atom stereocenters. The van der Waals surface area contributed by atoms with Gasteiger partial charge in [-0.2, -0.15) is 0 Å². The van der Waals surface area contributed by atoms with Crippen LogP contribution in [0.2, 0.25) is 0 Å². The van der Waals surface area contributed by atoms with Gasteiger partial charge in [0.2, 0.25) is 0 Å². The van der Waals surface area contributed by atoms with E-state index in [4.69, 9.17) is 4.42 Å². The zero-order chi connectivity index (χ0) is 21.1. The first-order chi connectivity index (χ1) is 14.5. The summed E-state index contributed by atoms with van der Waals surface area (Å²) in [6.45, 7) is 3.04. The number of amides is 2. The minimum absolute atomic E-state index is 0.0307. The fourth-order valence-electron chi connectivity index (χ4n) is 3.74. The molecule has 4 rings (SSSR count). The maximum Gasteiger partial charge on any atom is 0.289 e. The van der Waals surface area contributed by atoms with E-state index in [2.05, 4.69) is 10.3 Å². The number of para-hydroxylation sites is 1. The van der Waals surface area contributed by atoms with Gasteiger partial charge >= 0.3 is 0 Å². The number of pyridine rings is 1. The summed E-state index contributed by atoms with van der Waals surface area (Å²) in [7, 11) is 3.92. The lowest BCUT2D eigenvalue weighted by atomic mass is 10.1. The van der Waals surface area contributed by atoms with Gasteiger partial charge < -0.3 is 19.5 Å². The summed E-state index contributed by atoms with van der Waals surface area (Å²) < 4.78 is 5.20. The van der Waals surface area contributed by atoms with Crippen molar-refractivity contribution in [1.82, 2.24) is 4.90 Å². The van der Waals surface area contributed by atoms with Crippen LogP contribution in [0.1, 0.15) is 10.6 Å². The van der Waals surface area contributed by atoms with Gasteiger partial charge in [0.1, 0.15) is 5.52 Å². The third-order valence-corrected chi connectivity index (χ3v) is 5.42. The fourth-order valence-corrected chi connectivity index (χ4v) is 3.74. The van der Waals surface area contributed by atoms with Gasteiger partial charge in [-0.15, -0.1) is 0 Å². The average Bonchev–Trinajstić information content (AvgIpc) is 3.28. The van der Waals surface area contributed by atoms with Crippen LogP contribution in [-0.2, 0) is 4.79 Å². The molecule has 1 aliphatic heterocycles. The molecule has 2 aromatic heterocycles. The molecule has 0 radical (unpaired) electrons. The lowest BCUT2D eigenvalue weighted by molar-refractivity contribution is -0.895. The topological polar surface area (TPSA) is 84.4 Å². The smallest absolute Gasteiger partial charge is 0.289 e. The van der Waals surface area contributed by atoms with Gasteiger partial charge in [-0.3, -0.25) is 14.5 Å². The second-order valence-corrected chi connectivity index (χ2v) is 7.75. The highest BCUT2D eigenvalue weighted by atomic mass is 16.3. The number of hydrogen-bond acceptors (Lipinski definition) is 4. The third kappa shape index (κ3) is 4.28. The van der Waals surface area contributed by atoms with E-state index in [0.29, 0.717) is 25.4 Å². The Labute approximate surface area is 175 Å². The largest absolute Gasteiger partial charge is 0.459 e. The molecule has 1 saturated heterocycles. The average molecular weight is 409 g/mol. The first-order valence-corrected chi connectivity index (χ1v) is 10.1. The Balaban J connectivity index is 1.38. The van der Waals surface area contributed by atoms with Gasteiger partial charge in [-0.05, 0) is 24.3 Å². The quantitative estimate of drug-likeness (QED) is 0.635. The Kier molecular flexibility index (Phi) is 5.67. The fraction of sp³-hybridized carbons (Fsp3) is 0.318. The predicted molar refractivity (Wildman–Crippen MR) is 114 cm³/mol. The summed E-state index contributed by atoms with van der Waals surface area (Å²) in [5.74, 6) is 1.16. The Morgan fingerprint density at radius 1 is 1.17 bits per heavy atom. The molecule has 1 aliphatic rings. The maximum absolute atomic E-state index is 12.8. The van der Waals surface area contributed by atoms with Gasteiger partial charge in [0.15, 0.2) is 12.3 Å². The molecule has 0 aliphatic carbocycles. The van der Waals surface area contributed by atoms with Gasteiger partial charge in [-0.1, -0.05) is 12.1 Å². The number of anilines is 2. The zero-order valence-corrected chi connectivity index (χ0v) is 17.3. The lowest BCUT2D eigenvalue weighted by Crippen LogP contribution is -3.15. The Morgan fingerprint density at radius 2 is 1.93 bits per heavy atom. The van der Waals surface area contributed by atoms with Crippen molar-refractivity contribution in [2.24, 2.45) is 0 Å². The zero-order valence-electron chi connectivity index (χ0n) is 17.3. The summed E-state index contributed by atoms with van der Waals surface area (Å²) in [6, 6.07) is 13.3. The molecule has 0 bridgehead atoms. The summed E-state index contributed by atoms with van der Waals surface area (Å²) in [4.78, 5) is 33.4. The monoisotopic (exact) mass is 409 g/mol.